The van der Waals surface area contributed by atoms with E-state index in [0.717, 1.165) is 10.5 Å². The van der Waals surface area contributed by atoms with Crippen LogP contribution in [-0.2, 0) is 23.8 Å². The van der Waals surface area contributed by atoms with Gasteiger partial charge in [0.1, 0.15) is 12.2 Å². The summed E-state index contributed by atoms with van der Waals surface area (Å²) in [7, 11) is 0. The SMILES string of the molecule is CC(C(=O)N1C(=O)OC(c2ccccc2)C1C)C1OC(O)(CCCOCCO)C(Br)=CC1=O. The van der Waals surface area contributed by atoms with Crippen LogP contribution in [0, 0.1) is 5.92 Å². The maximum Gasteiger partial charge on any atom is 0.417 e. The number of benzene rings is 1. The molecule has 9 nitrogen and oxygen atoms in total. The number of ether oxygens (including phenoxy) is 3. The third kappa shape index (κ3) is 5.52. The van der Waals surface area contributed by atoms with Crippen molar-refractivity contribution in [2.24, 2.45) is 5.92 Å². The van der Waals surface area contributed by atoms with Crippen LogP contribution in [0.5, 0.6) is 0 Å². The Balaban J connectivity index is 1.71. The van der Waals surface area contributed by atoms with Gasteiger partial charge in [0.15, 0.2) is 11.6 Å². The van der Waals surface area contributed by atoms with E-state index in [1.807, 2.05) is 30.3 Å². The van der Waals surface area contributed by atoms with Gasteiger partial charge >= 0.3 is 6.09 Å². The molecule has 0 spiro atoms. The Hall–Kier alpha value is -2.11. The number of rotatable bonds is 9. The highest BCUT2D eigenvalue weighted by Crippen LogP contribution is 2.38. The summed E-state index contributed by atoms with van der Waals surface area (Å²) in [4.78, 5) is 39.4. The maximum atomic E-state index is 13.2. The van der Waals surface area contributed by atoms with E-state index >= 15 is 0 Å². The van der Waals surface area contributed by atoms with Gasteiger partial charge in [-0.25, -0.2) is 9.69 Å². The zero-order valence-corrected chi connectivity index (χ0v) is 20.1. The molecule has 1 aromatic rings. The average molecular weight is 526 g/mol. The number of hydrogen-bond acceptors (Lipinski definition) is 8. The van der Waals surface area contributed by atoms with Crippen LogP contribution in [0.4, 0.5) is 4.79 Å². The molecule has 0 radical (unpaired) electrons. The summed E-state index contributed by atoms with van der Waals surface area (Å²) in [5, 5.41) is 19.7. The summed E-state index contributed by atoms with van der Waals surface area (Å²) in [5.74, 6) is -3.98. The van der Waals surface area contributed by atoms with Crippen molar-refractivity contribution in [3.05, 3.63) is 46.5 Å². The number of carbonyl (C=O) groups excluding carboxylic acids is 3. The molecular formula is C23H28BrNO8. The lowest BCUT2D eigenvalue weighted by atomic mass is 9.93. The van der Waals surface area contributed by atoms with Crippen molar-refractivity contribution in [2.75, 3.05) is 19.8 Å². The highest BCUT2D eigenvalue weighted by molar-refractivity contribution is 9.11. The van der Waals surface area contributed by atoms with Crippen molar-refractivity contribution in [3.63, 3.8) is 0 Å². The Morgan fingerprint density at radius 3 is 2.64 bits per heavy atom. The fraction of sp³-hybridized carbons (Fsp3) is 0.522. The molecule has 2 amide bonds. The molecule has 1 fully saturated rings. The Kier molecular flexibility index (Phi) is 8.41. The zero-order valence-electron chi connectivity index (χ0n) is 18.5. The van der Waals surface area contributed by atoms with Gasteiger partial charge in [0, 0.05) is 13.0 Å². The number of aliphatic hydroxyl groups excluding tert-OH is 1. The fourth-order valence-corrected chi connectivity index (χ4v) is 4.46. The number of imide groups is 1. The Labute approximate surface area is 200 Å². The molecule has 2 aliphatic heterocycles. The van der Waals surface area contributed by atoms with E-state index in [-0.39, 0.29) is 30.7 Å². The van der Waals surface area contributed by atoms with Gasteiger partial charge in [-0.1, -0.05) is 37.3 Å². The second-order valence-corrected chi connectivity index (χ2v) is 8.96. The van der Waals surface area contributed by atoms with Crippen LogP contribution in [0.15, 0.2) is 40.9 Å². The van der Waals surface area contributed by atoms with E-state index in [1.165, 1.54) is 13.0 Å². The van der Waals surface area contributed by atoms with Crippen LogP contribution in [0.2, 0.25) is 0 Å². The molecule has 2 N–H and O–H groups in total. The second-order valence-electron chi connectivity index (χ2n) is 8.11. The van der Waals surface area contributed by atoms with E-state index in [1.54, 1.807) is 6.92 Å². The number of nitrogens with zero attached hydrogens (tertiary/aromatic N) is 1. The van der Waals surface area contributed by atoms with Crippen molar-refractivity contribution >= 4 is 33.7 Å². The second kappa shape index (κ2) is 10.9. The lowest BCUT2D eigenvalue weighted by Gasteiger charge is -2.37. The molecule has 2 heterocycles. The van der Waals surface area contributed by atoms with Crippen molar-refractivity contribution in [1.29, 1.82) is 0 Å². The zero-order chi connectivity index (χ0) is 24.2. The minimum absolute atomic E-state index is 0.0957. The molecule has 5 unspecified atom stereocenters. The first-order chi connectivity index (χ1) is 15.7. The van der Waals surface area contributed by atoms with Crippen LogP contribution in [-0.4, -0.2) is 70.7 Å². The van der Waals surface area contributed by atoms with E-state index < -0.39 is 47.7 Å². The molecule has 0 aromatic heterocycles. The molecule has 0 bridgehead atoms. The average Bonchev–Trinajstić information content (AvgIpc) is 3.10. The third-order valence-electron chi connectivity index (χ3n) is 5.76. The summed E-state index contributed by atoms with van der Waals surface area (Å²) in [6.07, 6.45) is -1.01. The smallest absolute Gasteiger partial charge is 0.417 e. The van der Waals surface area contributed by atoms with Crippen molar-refractivity contribution in [1.82, 2.24) is 4.90 Å². The van der Waals surface area contributed by atoms with E-state index in [4.69, 9.17) is 19.3 Å². The maximum absolute atomic E-state index is 13.2. The number of carbonyl (C=O) groups is 3. The quantitative estimate of drug-likeness (QED) is 0.471. The van der Waals surface area contributed by atoms with Gasteiger partial charge in [-0.05, 0) is 40.9 Å². The van der Waals surface area contributed by atoms with Crippen LogP contribution in [0.25, 0.3) is 0 Å². The normalized spacial score (nSPS) is 28.5. The minimum atomic E-state index is -1.82. The van der Waals surface area contributed by atoms with E-state index in [0.29, 0.717) is 6.42 Å². The highest BCUT2D eigenvalue weighted by atomic mass is 79.9. The minimum Gasteiger partial charge on any atom is -0.439 e. The molecule has 0 saturated carbocycles. The Morgan fingerprint density at radius 2 is 1.97 bits per heavy atom. The van der Waals surface area contributed by atoms with Crippen LogP contribution < -0.4 is 0 Å². The lowest BCUT2D eigenvalue weighted by molar-refractivity contribution is -0.217. The first-order valence-electron chi connectivity index (χ1n) is 10.8. The predicted molar refractivity (Wildman–Crippen MR) is 120 cm³/mol. The largest absolute Gasteiger partial charge is 0.439 e. The molecule has 5 atom stereocenters. The van der Waals surface area contributed by atoms with Crippen molar-refractivity contribution in [3.8, 4) is 0 Å². The van der Waals surface area contributed by atoms with Crippen LogP contribution in [0.1, 0.15) is 38.4 Å². The Morgan fingerprint density at radius 1 is 1.27 bits per heavy atom. The van der Waals surface area contributed by atoms with Gasteiger partial charge < -0.3 is 24.4 Å². The number of hydrogen-bond donors (Lipinski definition) is 2. The van der Waals surface area contributed by atoms with E-state index in [2.05, 4.69) is 15.9 Å². The molecule has 1 aromatic carbocycles. The number of ketones is 1. The first-order valence-corrected chi connectivity index (χ1v) is 11.6. The molecule has 10 heteroatoms. The lowest BCUT2D eigenvalue weighted by Crippen LogP contribution is -2.52. The first kappa shape index (κ1) is 25.5. The standard InChI is InChI=1S/C23H28BrNO8/c1-14(19-17(27)13-18(24)23(30,33-19)9-6-11-31-12-10-26)21(28)25-15(2)20(32-22(25)29)16-7-4-3-5-8-16/h3-5,7-8,13-15,19-20,26,30H,6,9-12H2,1-2H3. The molecular weight excluding hydrogens is 498 g/mol. The summed E-state index contributed by atoms with van der Waals surface area (Å²) < 4.78 is 16.5. The predicted octanol–water partition coefficient (Wildman–Crippen LogP) is 2.46. The number of cyclic esters (lactones) is 1. The summed E-state index contributed by atoms with van der Waals surface area (Å²) in [6, 6.07) is 8.51. The number of halogens is 1. The molecule has 33 heavy (non-hydrogen) atoms. The van der Waals surface area contributed by atoms with Crippen LogP contribution >= 0.6 is 15.9 Å². The van der Waals surface area contributed by atoms with Gasteiger partial charge in [0.25, 0.3) is 0 Å². The monoisotopic (exact) mass is 525 g/mol. The van der Waals surface area contributed by atoms with Gasteiger partial charge in [-0.2, -0.15) is 0 Å². The molecule has 180 valence electrons. The fourth-order valence-electron chi connectivity index (χ4n) is 3.95. The van der Waals surface area contributed by atoms with Crippen LogP contribution in [0.3, 0.4) is 0 Å². The molecule has 2 aliphatic rings. The third-order valence-corrected chi connectivity index (χ3v) is 6.61. The van der Waals surface area contributed by atoms with Crippen molar-refractivity contribution < 1.29 is 38.8 Å². The Bertz CT molecular complexity index is 907. The summed E-state index contributed by atoms with van der Waals surface area (Å²) in [5.41, 5.74) is 0.760. The van der Waals surface area contributed by atoms with Gasteiger partial charge in [-0.15, -0.1) is 0 Å². The van der Waals surface area contributed by atoms with Gasteiger partial charge in [-0.3, -0.25) is 9.59 Å². The summed E-state index contributed by atoms with van der Waals surface area (Å²) in [6.45, 7) is 3.53. The van der Waals surface area contributed by atoms with Gasteiger partial charge in [0.05, 0.1) is 29.7 Å². The molecule has 0 aliphatic carbocycles. The van der Waals surface area contributed by atoms with E-state index in [9.17, 15) is 19.5 Å². The summed E-state index contributed by atoms with van der Waals surface area (Å²) >= 11 is 3.18. The molecule has 3 rings (SSSR count). The topological polar surface area (TPSA) is 123 Å². The highest BCUT2D eigenvalue weighted by Gasteiger charge is 2.49. The number of amides is 2. The number of aliphatic hydroxyl groups is 2. The van der Waals surface area contributed by atoms with Gasteiger partial charge in [0.2, 0.25) is 5.91 Å². The van der Waals surface area contributed by atoms with Crippen molar-refractivity contribution in [2.45, 2.75) is 50.7 Å². The molecule has 1 saturated heterocycles.